The van der Waals surface area contributed by atoms with Gasteiger partial charge in [0.2, 0.25) is 0 Å². The Morgan fingerprint density at radius 3 is 2.61 bits per heavy atom. The fraction of sp³-hybridized carbons (Fsp3) is 0.400. The maximum Gasteiger partial charge on any atom is 0.123 e. The summed E-state index contributed by atoms with van der Waals surface area (Å²) in [6.07, 6.45) is 3.10. The van der Waals surface area contributed by atoms with Gasteiger partial charge in [0.25, 0.3) is 0 Å². The minimum atomic E-state index is -0.164. The molecule has 2 unspecified atom stereocenters. The molecule has 3 heteroatoms. The molecular formula is C20H24FNO. The average Bonchev–Trinajstić information content (AvgIpc) is 2.71. The molecule has 2 aliphatic rings. The Hall–Kier alpha value is -1.71. The maximum atomic E-state index is 13.7. The fourth-order valence-electron chi connectivity index (χ4n) is 3.66. The first kappa shape index (κ1) is 16.2. The number of benzene rings is 2. The van der Waals surface area contributed by atoms with E-state index in [-0.39, 0.29) is 11.9 Å². The first-order chi connectivity index (χ1) is 11.2. The molecule has 1 aliphatic heterocycles. The van der Waals surface area contributed by atoms with Crippen LogP contribution >= 0.6 is 0 Å². The predicted molar refractivity (Wildman–Crippen MR) is 91.3 cm³/mol. The number of nitrogens with one attached hydrogen (secondary N) is 1. The Morgan fingerprint density at radius 2 is 1.78 bits per heavy atom. The second kappa shape index (κ2) is 7.24. The smallest absolute Gasteiger partial charge is 0.123 e. The summed E-state index contributed by atoms with van der Waals surface area (Å²) in [5.74, 6) is 0.200. The van der Waals surface area contributed by atoms with E-state index in [1.165, 1.54) is 16.7 Å². The van der Waals surface area contributed by atoms with Gasteiger partial charge in [-0.25, -0.2) is 4.39 Å². The van der Waals surface area contributed by atoms with Gasteiger partial charge in [-0.2, -0.15) is 0 Å². The molecule has 2 nitrogen and oxygen atoms in total. The number of hydrogen-bond acceptors (Lipinski definition) is 2. The highest BCUT2D eigenvalue weighted by Crippen LogP contribution is 2.46. The van der Waals surface area contributed by atoms with Gasteiger partial charge >= 0.3 is 0 Å². The van der Waals surface area contributed by atoms with Crippen molar-refractivity contribution in [2.45, 2.75) is 31.3 Å². The van der Waals surface area contributed by atoms with E-state index < -0.39 is 0 Å². The summed E-state index contributed by atoms with van der Waals surface area (Å²) >= 11 is 0. The summed E-state index contributed by atoms with van der Waals surface area (Å²) in [7, 11) is 3.75. The minimum absolute atomic E-state index is 0.0121. The van der Waals surface area contributed by atoms with Crippen molar-refractivity contribution in [3.05, 3.63) is 70.5 Å². The van der Waals surface area contributed by atoms with Crippen molar-refractivity contribution in [2.24, 2.45) is 0 Å². The molecule has 1 aliphatic carbocycles. The van der Waals surface area contributed by atoms with Crippen LogP contribution in [-0.4, -0.2) is 20.7 Å². The third-order valence-corrected chi connectivity index (χ3v) is 4.57. The van der Waals surface area contributed by atoms with Gasteiger partial charge in [-0.3, -0.25) is 0 Å². The molecule has 0 spiro atoms. The average molecular weight is 313 g/mol. The Kier molecular flexibility index (Phi) is 5.09. The third kappa shape index (κ3) is 3.31. The number of ether oxygens (including phenoxy) is 1. The van der Waals surface area contributed by atoms with Gasteiger partial charge in [-0.1, -0.05) is 30.3 Å². The highest BCUT2D eigenvalue weighted by molar-refractivity contribution is 5.44. The van der Waals surface area contributed by atoms with Crippen LogP contribution in [0.1, 0.15) is 47.1 Å². The molecule has 1 saturated heterocycles. The Morgan fingerprint density at radius 1 is 1.04 bits per heavy atom. The lowest BCUT2D eigenvalue weighted by molar-refractivity contribution is -0.00220. The van der Waals surface area contributed by atoms with Crippen LogP contribution in [0.25, 0.3) is 0 Å². The summed E-state index contributed by atoms with van der Waals surface area (Å²) in [5.41, 5.74) is 4.99. The zero-order chi connectivity index (χ0) is 16.2. The van der Waals surface area contributed by atoms with Crippen molar-refractivity contribution in [1.29, 1.82) is 0 Å². The summed E-state index contributed by atoms with van der Waals surface area (Å²) < 4.78 is 19.7. The van der Waals surface area contributed by atoms with E-state index in [9.17, 15) is 4.39 Å². The van der Waals surface area contributed by atoms with E-state index in [2.05, 4.69) is 29.6 Å². The molecule has 2 aromatic carbocycles. The predicted octanol–water partition coefficient (Wildman–Crippen LogP) is 4.20. The number of fused-ring (bicyclic) bond motifs is 5. The quantitative estimate of drug-likeness (QED) is 0.787. The monoisotopic (exact) mass is 313 g/mol. The van der Waals surface area contributed by atoms with Crippen molar-refractivity contribution in [2.75, 3.05) is 20.7 Å². The lowest BCUT2D eigenvalue weighted by atomic mass is 9.84. The van der Waals surface area contributed by atoms with Gasteiger partial charge in [-0.15, -0.1) is 0 Å². The Bertz CT molecular complexity index is 670. The summed E-state index contributed by atoms with van der Waals surface area (Å²) in [5, 5.41) is 2.75. The lowest BCUT2D eigenvalue weighted by Crippen LogP contribution is -2.21. The Balaban J connectivity index is 0.000000485. The number of hydrogen-bond donors (Lipinski definition) is 1. The first-order valence-electron chi connectivity index (χ1n) is 8.30. The topological polar surface area (TPSA) is 21.3 Å². The Labute approximate surface area is 137 Å². The van der Waals surface area contributed by atoms with Gasteiger partial charge in [-0.05, 0) is 67.7 Å². The molecule has 0 radical (unpaired) electrons. The molecule has 2 atom stereocenters. The summed E-state index contributed by atoms with van der Waals surface area (Å²) in [6.45, 7) is 0.777. The molecular weight excluding hydrogens is 289 g/mol. The molecule has 122 valence electrons. The van der Waals surface area contributed by atoms with Crippen LogP contribution in [0.3, 0.4) is 0 Å². The normalized spacial score (nSPS) is 21.9. The van der Waals surface area contributed by atoms with Crippen molar-refractivity contribution in [1.82, 2.24) is 5.32 Å². The zero-order valence-electron chi connectivity index (χ0n) is 13.8. The third-order valence-electron chi connectivity index (χ3n) is 4.57. The van der Waals surface area contributed by atoms with E-state index in [1.54, 1.807) is 12.1 Å². The van der Waals surface area contributed by atoms with Crippen LogP contribution in [0.5, 0.6) is 0 Å². The highest BCUT2D eigenvalue weighted by Gasteiger charge is 2.34. The van der Waals surface area contributed by atoms with Crippen LogP contribution in [0.15, 0.2) is 42.5 Å². The fourth-order valence-corrected chi connectivity index (χ4v) is 3.66. The number of halogens is 1. The molecule has 2 aromatic rings. The van der Waals surface area contributed by atoms with Gasteiger partial charge in [0, 0.05) is 12.5 Å². The van der Waals surface area contributed by atoms with E-state index in [1.807, 2.05) is 20.2 Å². The molecule has 1 fully saturated rings. The maximum absolute atomic E-state index is 13.7. The molecule has 0 saturated carbocycles. The van der Waals surface area contributed by atoms with Crippen LogP contribution in [0.4, 0.5) is 4.39 Å². The van der Waals surface area contributed by atoms with Crippen molar-refractivity contribution >= 4 is 0 Å². The zero-order valence-corrected chi connectivity index (χ0v) is 13.8. The molecule has 23 heavy (non-hydrogen) atoms. The molecule has 1 heterocycles. The van der Waals surface area contributed by atoms with Crippen LogP contribution in [0, 0.1) is 5.82 Å². The van der Waals surface area contributed by atoms with E-state index >= 15 is 0 Å². The highest BCUT2D eigenvalue weighted by atomic mass is 19.1. The molecule has 1 N–H and O–H groups in total. The lowest BCUT2D eigenvalue weighted by Gasteiger charge is -2.32. The van der Waals surface area contributed by atoms with Crippen molar-refractivity contribution in [3.8, 4) is 0 Å². The summed E-state index contributed by atoms with van der Waals surface area (Å²) in [6, 6.07) is 13.7. The molecule has 0 amide bonds. The second-order valence-corrected chi connectivity index (χ2v) is 6.26. The minimum Gasteiger partial charge on any atom is -0.373 e. The van der Waals surface area contributed by atoms with Crippen LogP contribution < -0.4 is 5.32 Å². The number of rotatable bonds is 0. The molecule has 0 bridgehead atoms. The van der Waals surface area contributed by atoms with Gasteiger partial charge in [0.1, 0.15) is 5.82 Å². The van der Waals surface area contributed by atoms with Crippen molar-refractivity contribution < 1.29 is 9.13 Å². The molecule has 0 aromatic heterocycles. The van der Waals surface area contributed by atoms with E-state index in [0.717, 1.165) is 31.4 Å². The first-order valence-corrected chi connectivity index (χ1v) is 8.30. The SMILES string of the molecule is CNC.Fc1ccc2c(c1)C1OCCCC1c1ccccc1C2. The van der Waals surface area contributed by atoms with Gasteiger partial charge in [0.05, 0.1) is 6.10 Å². The second-order valence-electron chi connectivity index (χ2n) is 6.26. The van der Waals surface area contributed by atoms with Crippen LogP contribution in [0.2, 0.25) is 0 Å². The van der Waals surface area contributed by atoms with E-state index in [4.69, 9.17) is 4.74 Å². The van der Waals surface area contributed by atoms with Gasteiger partial charge in [0.15, 0.2) is 0 Å². The van der Waals surface area contributed by atoms with Gasteiger partial charge < -0.3 is 10.1 Å². The standard InChI is InChI=1S/C18H17FO.C2H7N/c19-14-8-7-13-10-12-4-1-2-5-15(12)16-6-3-9-20-18(16)17(13)11-14;1-3-2/h1-2,4-5,7-8,11,16,18H,3,6,9-10H2;3H,1-2H3. The molecule has 4 rings (SSSR count). The van der Waals surface area contributed by atoms with Crippen LogP contribution in [-0.2, 0) is 11.2 Å². The van der Waals surface area contributed by atoms with E-state index in [0.29, 0.717) is 5.92 Å². The summed E-state index contributed by atoms with van der Waals surface area (Å²) in [4.78, 5) is 0. The largest absolute Gasteiger partial charge is 0.373 e. The van der Waals surface area contributed by atoms with Crippen molar-refractivity contribution in [3.63, 3.8) is 0 Å².